The van der Waals surface area contributed by atoms with Crippen LogP contribution in [-0.4, -0.2) is 46.9 Å². The fourth-order valence-corrected chi connectivity index (χ4v) is 4.01. The lowest BCUT2D eigenvalue weighted by Gasteiger charge is -2.12. The molecule has 31 heavy (non-hydrogen) atoms. The number of aryl methyl sites for hydroxylation is 1. The van der Waals surface area contributed by atoms with Crippen LogP contribution in [0.1, 0.15) is 30.0 Å². The van der Waals surface area contributed by atoms with Crippen molar-refractivity contribution < 1.29 is 13.2 Å². The van der Waals surface area contributed by atoms with E-state index in [9.17, 15) is 8.42 Å². The summed E-state index contributed by atoms with van der Waals surface area (Å²) in [5, 5.41) is 6.54. The van der Waals surface area contributed by atoms with Gasteiger partial charge in [-0.2, -0.15) is 0 Å². The van der Waals surface area contributed by atoms with Crippen LogP contribution in [0.3, 0.4) is 0 Å². The fourth-order valence-electron chi connectivity index (χ4n) is 3.06. The maximum Gasteiger partial charge on any atom is 0.191 e. The van der Waals surface area contributed by atoms with Crippen LogP contribution < -0.4 is 10.6 Å². The number of nitrogens with one attached hydrogen (secondary N) is 2. The average molecular weight is 560 g/mol. The van der Waals surface area contributed by atoms with E-state index in [-0.39, 0.29) is 24.0 Å². The van der Waals surface area contributed by atoms with Gasteiger partial charge < -0.3 is 15.4 Å². The van der Waals surface area contributed by atoms with Crippen molar-refractivity contribution in [1.29, 1.82) is 0 Å². The van der Waals surface area contributed by atoms with E-state index in [1.165, 1.54) is 11.8 Å². The molecule has 0 unspecified atom stereocenters. The number of hydrogen-bond donors (Lipinski definition) is 2. The molecule has 0 spiro atoms. The van der Waals surface area contributed by atoms with Crippen LogP contribution in [-0.2, 0) is 27.5 Å². The first kappa shape index (κ1) is 27.4. The quantitative estimate of drug-likeness (QED) is 0.190. The standard InChI is InChI=1S/C23H33N3O3S.HI/c1-4-24-23(25-14-8-15-29-16-13-20-9-6-5-7-10-20)26-18-21-11-12-22(19(2)17-21)30(3,27)28;/h5-7,9-12,17H,4,8,13-16,18H2,1-3H3,(H2,24,25,26);1H. The first-order valence-corrected chi connectivity index (χ1v) is 12.2. The Morgan fingerprint density at radius 3 is 2.42 bits per heavy atom. The van der Waals surface area contributed by atoms with Gasteiger partial charge in [-0.05, 0) is 49.4 Å². The van der Waals surface area contributed by atoms with E-state index in [4.69, 9.17) is 4.74 Å². The van der Waals surface area contributed by atoms with E-state index in [0.29, 0.717) is 18.0 Å². The van der Waals surface area contributed by atoms with E-state index in [1.54, 1.807) is 6.07 Å². The highest BCUT2D eigenvalue weighted by Crippen LogP contribution is 2.17. The van der Waals surface area contributed by atoms with E-state index in [1.807, 2.05) is 44.2 Å². The molecule has 0 fully saturated rings. The molecule has 2 aromatic carbocycles. The molecule has 2 rings (SSSR count). The van der Waals surface area contributed by atoms with E-state index < -0.39 is 9.84 Å². The molecular formula is C23H34IN3O3S. The van der Waals surface area contributed by atoms with Gasteiger partial charge in [0, 0.05) is 26.0 Å². The van der Waals surface area contributed by atoms with E-state index >= 15 is 0 Å². The average Bonchev–Trinajstić information content (AvgIpc) is 2.71. The number of ether oxygens (including phenoxy) is 1. The summed E-state index contributed by atoms with van der Waals surface area (Å²) in [6.45, 7) is 7.27. The summed E-state index contributed by atoms with van der Waals surface area (Å²) < 4.78 is 29.2. The third-order valence-electron chi connectivity index (χ3n) is 4.54. The Morgan fingerprint density at radius 1 is 1.03 bits per heavy atom. The molecule has 0 saturated heterocycles. The van der Waals surface area contributed by atoms with Crippen molar-refractivity contribution in [2.45, 2.75) is 38.1 Å². The number of halogens is 1. The minimum absolute atomic E-state index is 0. The summed E-state index contributed by atoms with van der Waals surface area (Å²) in [5.74, 6) is 0.742. The second kappa shape index (κ2) is 14.4. The second-order valence-corrected chi connectivity index (χ2v) is 9.18. The lowest BCUT2D eigenvalue weighted by Crippen LogP contribution is -2.38. The normalized spacial score (nSPS) is 11.6. The summed E-state index contributed by atoms with van der Waals surface area (Å²) in [7, 11) is -3.20. The van der Waals surface area contributed by atoms with Crippen molar-refractivity contribution in [2.24, 2.45) is 4.99 Å². The molecule has 2 N–H and O–H groups in total. The van der Waals surface area contributed by atoms with Gasteiger partial charge in [0.2, 0.25) is 0 Å². The minimum atomic E-state index is -3.20. The SMILES string of the molecule is CCNC(=NCc1ccc(S(C)(=O)=O)c(C)c1)NCCCOCCc1ccccc1.I. The molecule has 172 valence electrons. The van der Waals surface area contributed by atoms with Crippen molar-refractivity contribution in [3.05, 3.63) is 65.2 Å². The molecule has 0 aromatic heterocycles. The molecule has 0 amide bonds. The topological polar surface area (TPSA) is 79.8 Å². The zero-order valence-electron chi connectivity index (χ0n) is 18.6. The Balaban J connectivity index is 0.00000480. The highest BCUT2D eigenvalue weighted by molar-refractivity contribution is 14.0. The van der Waals surface area contributed by atoms with Crippen LogP contribution in [0.4, 0.5) is 0 Å². The van der Waals surface area contributed by atoms with Crippen LogP contribution >= 0.6 is 24.0 Å². The number of rotatable bonds is 11. The van der Waals surface area contributed by atoms with Crippen LogP contribution in [0.2, 0.25) is 0 Å². The zero-order chi connectivity index (χ0) is 21.8. The summed E-state index contributed by atoms with van der Waals surface area (Å²) in [4.78, 5) is 4.96. The van der Waals surface area contributed by atoms with Gasteiger partial charge in [0.15, 0.2) is 15.8 Å². The summed E-state index contributed by atoms with van der Waals surface area (Å²) in [5.41, 5.74) is 3.01. The molecule has 0 radical (unpaired) electrons. The minimum Gasteiger partial charge on any atom is -0.381 e. The third kappa shape index (κ3) is 10.5. The van der Waals surface area contributed by atoms with Crippen LogP contribution in [0.15, 0.2) is 58.4 Å². The molecule has 0 heterocycles. The largest absolute Gasteiger partial charge is 0.381 e. The Labute approximate surface area is 203 Å². The van der Waals surface area contributed by atoms with Gasteiger partial charge in [-0.15, -0.1) is 24.0 Å². The van der Waals surface area contributed by atoms with Crippen molar-refractivity contribution in [2.75, 3.05) is 32.6 Å². The molecule has 0 bridgehead atoms. The lowest BCUT2D eigenvalue weighted by molar-refractivity contribution is 0.135. The van der Waals surface area contributed by atoms with Crippen LogP contribution in [0.25, 0.3) is 0 Å². The monoisotopic (exact) mass is 559 g/mol. The first-order chi connectivity index (χ1) is 14.4. The third-order valence-corrected chi connectivity index (χ3v) is 5.80. The number of guanidine groups is 1. The summed E-state index contributed by atoms with van der Waals surface area (Å²) >= 11 is 0. The molecular weight excluding hydrogens is 525 g/mol. The Hall–Kier alpha value is -1.65. The van der Waals surface area contributed by atoms with Gasteiger partial charge >= 0.3 is 0 Å². The summed E-state index contributed by atoms with van der Waals surface area (Å²) in [6, 6.07) is 15.7. The Bertz CT molecular complexity index is 919. The Kier molecular flexibility index (Phi) is 12.7. The van der Waals surface area contributed by atoms with Crippen molar-refractivity contribution in [1.82, 2.24) is 10.6 Å². The maximum atomic E-state index is 11.7. The predicted molar refractivity (Wildman–Crippen MR) is 138 cm³/mol. The molecule has 0 atom stereocenters. The number of nitrogens with zero attached hydrogens (tertiary/aromatic N) is 1. The molecule has 0 aliphatic heterocycles. The number of sulfone groups is 1. The van der Waals surface area contributed by atoms with Crippen molar-refractivity contribution in [3.8, 4) is 0 Å². The smallest absolute Gasteiger partial charge is 0.191 e. The maximum absolute atomic E-state index is 11.7. The second-order valence-electron chi connectivity index (χ2n) is 7.20. The Morgan fingerprint density at radius 2 is 1.77 bits per heavy atom. The lowest BCUT2D eigenvalue weighted by atomic mass is 10.1. The molecule has 0 saturated carbocycles. The number of aliphatic imine (C=N–C) groups is 1. The molecule has 8 heteroatoms. The van der Waals surface area contributed by atoms with Gasteiger partial charge in [0.1, 0.15) is 0 Å². The highest BCUT2D eigenvalue weighted by atomic mass is 127. The van der Waals surface area contributed by atoms with E-state index in [2.05, 4.69) is 27.8 Å². The predicted octanol–water partition coefficient (Wildman–Crippen LogP) is 3.72. The zero-order valence-corrected chi connectivity index (χ0v) is 21.7. The molecule has 0 aliphatic carbocycles. The molecule has 0 aliphatic rings. The fraction of sp³-hybridized carbons (Fsp3) is 0.435. The number of benzene rings is 2. The molecule has 6 nitrogen and oxygen atoms in total. The molecule has 2 aromatic rings. The van der Waals surface area contributed by atoms with Crippen molar-refractivity contribution >= 4 is 39.8 Å². The van der Waals surface area contributed by atoms with Crippen molar-refractivity contribution in [3.63, 3.8) is 0 Å². The highest BCUT2D eigenvalue weighted by Gasteiger charge is 2.10. The van der Waals surface area contributed by atoms with Gasteiger partial charge in [-0.1, -0.05) is 42.5 Å². The van der Waals surface area contributed by atoms with Gasteiger partial charge in [0.05, 0.1) is 18.0 Å². The van der Waals surface area contributed by atoms with Crippen LogP contribution in [0, 0.1) is 6.92 Å². The van der Waals surface area contributed by atoms with Crippen LogP contribution in [0.5, 0.6) is 0 Å². The number of hydrogen-bond acceptors (Lipinski definition) is 4. The first-order valence-electron chi connectivity index (χ1n) is 10.3. The van der Waals surface area contributed by atoms with Gasteiger partial charge in [-0.3, -0.25) is 0 Å². The van der Waals surface area contributed by atoms with Gasteiger partial charge in [0.25, 0.3) is 0 Å². The summed E-state index contributed by atoms with van der Waals surface area (Å²) in [6.07, 6.45) is 3.04. The van der Waals surface area contributed by atoms with Gasteiger partial charge in [-0.25, -0.2) is 13.4 Å². The van der Waals surface area contributed by atoms with E-state index in [0.717, 1.165) is 49.6 Å².